The number of hydrogen-bond donors (Lipinski definition) is 1. The highest BCUT2D eigenvalue weighted by atomic mass is 79.9. The predicted molar refractivity (Wildman–Crippen MR) is 90.7 cm³/mol. The number of benzene rings is 2. The van der Waals surface area contributed by atoms with Crippen LogP contribution in [-0.4, -0.2) is 6.54 Å². The van der Waals surface area contributed by atoms with E-state index in [1.54, 1.807) is 12.1 Å². The Morgan fingerprint density at radius 1 is 1.24 bits per heavy atom. The van der Waals surface area contributed by atoms with E-state index in [0.717, 1.165) is 22.1 Å². The van der Waals surface area contributed by atoms with E-state index in [4.69, 9.17) is 23.2 Å². The van der Waals surface area contributed by atoms with Gasteiger partial charge in [0.2, 0.25) is 0 Å². The molecule has 0 fully saturated rings. The zero-order chi connectivity index (χ0) is 15.4. The number of likely N-dealkylation sites (N-methyl/N-ethyl adjacent to an activating group) is 1. The Labute approximate surface area is 142 Å². The van der Waals surface area contributed by atoms with Crippen LogP contribution in [0.2, 0.25) is 10.0 Å². The standard InChI is InChI=1S/C16H15BrCl2FN/c1-2-21-15(12-4-3-5-14(18)16(12)19)8-10-6-7-11(20)9-13(10)17/h3-7,9,15,21H,2,8H2,1H3. The Bertz CT molecular complexity index is 634. The van der Waals surface area contributed by atoms with Crippen molar-refractivity contribution in [2.75, 3.05) is 6.54 Å². The van der Waals surface area contributed by atoms with Crippen molar-refractivity contribution >= 4 is 39.1 Å². The van der Waals surface area contributed by atoms with E-state index in [-0.39, 0.29) is 11.9 Å². The summed E-state index contributed by atoms with van der Waals surface area (Å²) < 4.78 is 13.9. The first-order valence-corrected chi connectivity index (χ1v) is 8.19. The van der Waals surface area contributed by atoms with Crippen molar-refractivity contribution in [1.82, 2.24) is 5.32 Å². The van der Waals surface area contributed by atoms with Gasteiger partial charge in [0.15, 0.2) is 0 Å². The highest BCUT2D eigenvalue weighted by Gasteiger charge is 2.17. The Morgan fingerprint density at radius 3 is 2.67 bits per heavy atom. The second-order valence-corrected chi connectivity index (χ2v) is 6.33. The first-order valence-electron chi connectivity index (χ1n) is 6.64. The second-order valence-electron chi connectivity index (χ2n) is 4.69. The molecule has 0 radical (unpaired) electrons. The molecular weight excluding hydrogens is 376 g/mol. The van der Waals surface area contributed by atoms with Crippen LogP contribution in [0.25, 0.3) is 0 Å². The molecule has 0 aliphatic heterocycles. The van der Waals surface area contributed by atoms with Crippen LogP contribution < -0.4 is 5.32 Å². The molecule has 21 heavy (non-hydrogen) atoms. The van der Waals surface area contributed by atoms with Gasteiger partial charge >= 0.3 is 0 Å². The van der Waals surface area contributed by atoms with E-state index in [0.29, 0.717) is 16.5 Å². The van der Waals surface area contributed by atoms with Gasteiger partial charge in [-0.2, -0.15) is 0 Å². The van der Waals surface area contributed by atoms with Crippen LogP contribution in [-0.2, 0) is 6.42 Å². The molecule has 2 aromatic carbocycles. The molecule has 0 heterocycles. The molecule has 0 bridgehead atoms. The molecule has 1 N–H and O–H groups in total. The topological polar surface area (TPSA) is 12.0 Å². The summed E-state index contributed by atoms with van der Waals surface area (Å²) in [7, 11) is 0. The fourth-order valence-electron chi connectivity index (χ4n) is 2.24. The van der Waals surface area contributed by atoms with Crippen LogP contribution >= 0.6 is 39.1 Å². The SMILES string of the molecule is CCNC(Cc1ccc(F)cc1Br)c1cccc(Cl)c1Cl. The number of nitrogens with one attached hydrogen (secondary N) is 1. The normalized spacial score (nSPS) is 12.4. The average molecular weight is 391 g/mol. The van der Waals surface area contributed by atoms with Crippen LogP contribution in [0.15, 0.2) is 40.9 Å². The van der Waals surface area contributed by atoms with E-state index in [1.165, 1.54) is 12.1 Å². The first-order chi connectivity index (χ1) is 10.0. The lowest BCUT2D eigenvalue weighted by atomic mass is 9.98. The Hall–Kier alpha value is -0.610. The van der Waals surface area contributed by atoms with Crippen molar-refractivity contribution in [2.45, 2.75) is 19.4 Å². The molecule has 1 atom stereocenters. The van der Waals surface area contributed by atoms with Crippen LogP contribution in [0, 0.1) is 5.82 Å². The highest BCUT2D eigenvalue weighted by molar-refractivity contribution is 9.10. The second kappa shape index (κ2) is 7.59. The van der Waals surface area contributed by atoms with Crippen molar-refractivity contribution in [2.24, 2.45) is 0 Å². The molecule has 5 heteroatoms. The van der Waals surface area contributed by atoms with Gasteiger partial charge in [0, 0.05) is 10.5 Å². The predicted octanol–water partition coefficient (Wildman–Crippen LogP) is 5.79. The first kappa shape index (κ1) is 16.8. The third-order valence-corrected chi connectivity index (χ3v) is 4.82. The maximum Gasteiger partial charge on any atom is 0.124 e. The van der Waals surface area contributed by atoms with Crippen molar-refractivity contribution in [3.05, 3.63) is 67.9 Å². The Morgan fingerprint density at radius 2 is 2.00 bits per heavy atom. The largest absolute Gasteiger partial charge is 0.310 e. The lowest BCUT2D eigenvalue weighted by molar-refractivity contribution is 0.548. The van der Waals surface area contributed by atoms with Gasteiger partial charge in [0.05, 0.1) is 10.0 Å². The molecule has 0 saturated heterocycles. The van der Waals surface area contributed by atoms with Crippen LogP contribution in [0.5, 0.6) is 0 Å². The summed E-state index contributed by atoms with van der Waals surface area (Å²) >= 11 is 15.8. The van der Waals surface area contributed by atoms with E-state index in [2.05, 4.69) is 21.2 Å². The average Bonchev–Trinajstić information content (AvgIpc) is 2.44. The monoisotopic (exact) mass is 389 g/mol. The summed E-state index contributed by atoms with van der Waals surface area (Å²) in [5.74, 6) is -0.258. The van der Waals surface area contributed by atoms with Crippen LogP contribution in [0.1, 0.15) is 24.1 Å². The molecule has 0 aliphatic rings. The van der Waals surface area contributed by atoms with Crippen molar-refractivity contribution < 1.29 is 4.39 Å². The lowest BCUT2D eigenvalue weighted by Gasteiger charge is -2.21. The summed E-state index contributed by atoms with van der Waals surface area (Å²) in [5.41, 5.74) is 1.96. The molecule has 2 aromatic rings. The van der Waals surface area contributed by atoms with E-state index in [9.17, 15) is 4.39 Å². The van der Waals surface area contributed by atoms with E-state index in [1.807, 2.05) is 19.1 Å². The van der Waals surface area contributed by atoms with Gasteiger partial charge in [0.1, 0.15) is 5.82 Å². The Balaban J connectivity index is 2.33. The molecule has 0 spiro atoms. The van der Waals surface area contributed by atoms with Gasteiger partial charge in [-0.3, -0.25) is 0 Å². The van der Waals surface area contributed by atoms with Gasteiger partial charge in [-0.05, 0) is 42.3 Å². The fraction of sp³-hybridized carbons (Fsp3) is 0.250. The quantitative estimate of drug-likeness (QED) is 0.681. The number of rotatable bonds is 5. The molecule has 0 saturated carbocycles. The fourth-order valence-corrected chi connectivity index (χ4v) is 3.19. The third kappa shape index (κ3) is 4.19. The molecular formula is C16H15BrCl2FN. The molecule has 0 aromatic heterocycles. The van der Waals surface area contributed by atoms with Gasteiger partial charge in [-0.15, -0.1) is 0 Å². The minimum Gasteiger partial charge on any atom is -0.310 e. The number of halogens is 4. The summed E-state index contributed by atoms with van der Waals surface area (Å²) in [6, 6.07) is 10.3. The Kier molecular flexibility index (Phi) is 6.06. The van der Waals surface area contributed by atoms with Crippen molar-refractivity contribution in [3.63, 3.8) is 0 Å². The highest BCUT2D eigenvalue weighted by Crippen LogP contribution is 2.32. The minimum atomic E-state index is -0.258. The van der Waals surface area contributed by atoms with Gasteiger partial charge in [0.25, 0.3) is 0 Å². The minimum absolute atomic E-state index is 0.0166. The van der Waals surface area contributed by atoms with Gasteiger partial charge in [-0.25, -0.2) is 4.39 Å². The van der Waals surface area contributed by atoms with Crippen molar-refractivity contribution in [1.29, 1.82) is 0 Å². The zero-order valence-corrected chi connectivity index (χ0v) is 14.6. The smallest absolute Gasteiger partial charge is 0.124 e. The summed E-state index contributed by atoms with van der Waals surface area (Å²) in [6.07, 6.45) is 0.689. The van der Waals surface area contributed by atoms with E-state index >= 15 is 0 Å². The summed E-state index contributed by atoms with van der Waals surface area (Å²) in [6.45, 7) is 2.83. The van der Waals surface area contributed by atoms with Crippen molar-refractivity contribution in [3.8, 4) is 0 Å². The summed E-state index contributed by atoms with van der Waals surface area (Å²) in [5, 5.41) is 4.50. The van der Waals surface area contributed by atoms with Crippen LogP contribution in [0.3, 0.4) is 0 Å². The molecule has 0 amide bonds. The molecule has 2 rings (SSSR count). The van der Waals surface area contributed by atoms with Gasteiger partial charge in [-0.1, -0.05) is 64.3 Å². The molecule has 1 unspecified atom stereocenters. The lowest BCUT2D eigenvalue weighted by Crippen LogP contribution is -2.23. The molecule has 112 valence electrons. The van der Waals surface area contributed by atoms with Crippen LogP contribution in [0.4, 0.5) is 4.39 Å². The number of hydrogen-bond acceptors (Lipinski definition) is 1. The zero-order valence-electron chi connectivity index (χ0n) is 11.5. The summed E-state index contributed by atoms with van der Waals surface area (Å²) in [4.78, 5) is 0. The molecule has 1 nitrogen and oxygen atoms in total. The van der Waals surface area contributed by atoms with E-state index < -0.39 is 0 Å². The van der Waals surface area contributed by atoms with Gasteiger partial charge < -0.3 is 5.32 Å². The maximum absolute atomic E-state index is 13.2. The maximum atomic E-state index is 13.2. The molecule has 0 aliphatic carbocycles. The third-order valence-electron chi connectivity index (χ3n) is 3.25.